The van der Waals surface area contributed by atoms with Crippen LogP contribution in [-0.4, -0.2) is 55.5 Å². The van der Waals surface area contributed by atoms with Crippen molar-refractivity contribution in [2.24, 2.45) is 0 Å². The highest BCUT2D eigenvalue weighted by Crippen LogP contribution is 2.15. The number of aliphatic hydroxyl groups is 1. The lowest BCUT2D eigenvalue weighted by Crippen LogP contribution is -2.39. The number of pyridine rings is 1. The molecule has 0 bridgehead atoms. The number of carbonyl (C=O) groups excluding carboxylic acids is 1. The van der Waals surface area contributed by atoms with Crippen LogP contribution in [-0.2, 0) is 14.8 Å². The molecule has 1 amide bonds. The smallest absolute Gasteiger partial charge is 0.245 e. The minimum absolute atomic E-state index is 0.0435. The molecule has 0 aliphatic carbocycles. The van der Waals surface area contributed by atoms with Gasteiger partial charge in [-0.05, 0) is 6.07 Å². The predicted octanol–water partition coefficient (Wildman–Crippen LogP) is -0.818. The van der Waals surface area contributed by atoms with Gasteiger partial charge >= 0.3 is 0 Å². The Balaban J connectivity index is 3.13. The standard InChI is InChI=1S/C13H17N3O4S/c1-3-16(10-13(18)14-2)21(19,20)12-7-11(5-4-6-17)8-15-9-12/h7-9,17H,3,6,10H2,1-2H3,(H,14,18). The van der Waals surface area contributed by atoms with Gasteiger partial charge in [-0.3, -0.25) is 9.78 Å². The van der Waals surface area contributed by atoms with Gasteiger partial charge in [0.15, 0.2) is 0 Å². The fourth-order valence-corrected chi connectivity index (χ4v) is 2.92. The van der Waals surface area contributed by atoms with E-state index in [2.05, 4.69) is 22.1 Å². The van der Waals surface area contributed by atoms with E-state index < -0.39 is 15.9 Å². The normalized spacial score (nSPS) is 10.9. The van der Waals surface area contributed by atoms with Crippen LogP contribution in [0.25, 0.3) is 0 Å². The zero-order valence-electron chi connectivity index (χ0n) is 11.8. The number of sulfonamides is 1. The summed E-state index contributed by atoms with van der Waals surface area (Å²) in [6.45, 7) is 1.21. The Morgan fingerprint density at radius 2 is 2.19 bits per heavy atom. The van der Waals surface area contributed by atoms with E-state index in [9.17, 15) is 13.2 Å². The van der Waals surface area contributed by atoms with Crippen LogP contribution in [0.1, 0.15) is 12.5 Å². The van der Waals surface area contributed by atoms with E-state index in [4.69, 9.17) is 5.11 Å². The number of nitrogens with one attached hydrogen (secondary N) is 1. The average Bonchev–Trinajstić information content (AvgIpc) is 2.50. The lowest BCUT2D eigenvalue weighted by atomic mass is 10.3. The SMILES string of the molecule is CCN(CC(=O)NC)S(=O)(=O)c1cncc(C#CCO)c1. The molecule has 1 rings (SSSR count). The van der Waals surface area contributed by atoms with Crippen molar-refractivity contribution in [2.45, 2.75) is 11.8 Å². The molecule has 0 saturated carbocycles. The molecule has 0 atom stereocenters. The Labute approximate surface area is 124 Å². The fraction of sp³-hybridized carbons (Fsp3) is 0.385. The number of rotatable bonds is 5. The van der Waals surface area contributed by atoms with Gasteiger partial charge in [-0.15, -0.1) is 0 Å². The Morgan fingerprint density at radius 1 is 1.48 bits per heavy atom. The van der Waals surface area contributed by atoms with Crippen LogP contribution in [0.15, 0.2) is 23.4 Å². The summed E-state index contributed by atoms with van der Waals surface area (Å²) in [7, 11) is -2.38. The van der Waals surface area contributed by atoms with Gasteiger partial charge in [0.25, 0.3) is 0 Å². The monoisotopic (exact) mass is 311 g/mol. The Kier molecular flexibility index (Phi) is 6.30. The minimum atomic E-state index is -3.82. The van der Waals surface area contributed by atoms with Crippen LogP contribution in [0.2, 0.25) is 0 Å². The highest BCUT2D eigenvalue weighted by atomic mass is 32.2. The maximum atomic E-state index is 12.4. The van der Waals surface area contributed by atoms with E-state index in [0.29, 0.717) is 5.56 Å². The molecule has 0 radical (unpaired) electrons. The second-order valence-electron chi connectivity index (χ2n) is 3.97. The molecule has 0 saturated heterocycles. The summed E-state index contributed by atoms with van der Waals surface area (Å²) < 4.78 is 25.9. The highest BCUT2D eigenvalue weighted by Gasteiger charge is 2.25. The number of nitrogens with zero attached hydrogens (tertiary/aromatic N) is 2. The van der Waals surface area contributed by atoms with Gasteiger partial charge < -0.3 is 10.4 Å². The van der Waals surface area contributed by atoms with Crippen LogP contribution in [0, 0.1) is 11.8 Å². The highest BCUT2D eigenvalue weighted by molar-refractivity contribution is 7.89. The maximum absolute atomic E-state index is 12.4. The van der Waals surface area contributed by atoms with Crippen molar-refractivity contribution in [3.05, 3.63) is 24.0 Å². The van der Waals surface area contributed by atoms with E-state index in [1.807, 2.05) is 0 Å². The van der Waals surface area contributed by atoms with E-state index >= 15 is 0 Å². The Hall–Kier alpha value is -1.95. The predicted molar refractivity (Wildman–Crippen MR) is 76.7 cm³/mol. The van der Waals surface area contributed by atoms with Crippen molar-refractivity contribution < 1.29 is 18.3 Å². The Bertz CT molecular complexity index is 661. The second-order valence-corrected chi connectivity index (χ2v) is 5.91. The molecule has 1 aromatic rings. The van der Waals surface area contributed by atoms with Gasteiger partial charge in [0.05, 0.1) is 6.54 Å². The van der Waals surface area contributed by atoms with E-state index in [1.54, 1.807) is 6.92 Å². The zero-order chi connectivity index (χ0) is 15.9. The summed E-state index contributed by atoms with van der Waals surface area (Å²) >= 11 is 0. The molecule has 1 heterocycles. The molecule has 2 N–H and O–H groups in total. The van der Waals surface area contributed by atoms with Crippen LogP contribution in [0.5, 0.6) is 0 Å². The first-order valence-electron chi connectivity index (χ1n) is 6.21. The van der Waals surface area contributed by atoms with Crippen molar-refractivity contribution in [3.63, 3.8) is 0 Å². The summed E-state index contributed by atoms with van der Waals surface area (Å²) in [6.07, 6.45) is 2.60. The van der Waals surface area contributed by atoms with Gasteiger partial charge in [0.2, 0.25) is 15.9 Å². The molecule has 0 aliphatic heterocycles. The number of hydrogen-bond acceptors (Lipinski definition) is 5. The number of likely N-dealkylation sites (N-methyl/N-ethyl adjacent to an activating group) is 2. The molecule has 0 aliphatic rings. The van der Waals surface area contributed by atoms with Gasteiger partial charge in [-0.2, -0.15) is 4.31 Å². The fourth-order valence-electron chi connectivity index (χ4n) is 1.52. The third-order valence-electron chi connectivity index (χ3n) is 2.61. The lowest BCUT2D eigenvalue weighted by Gasteiger charge is -2.19. The molecule has 21 heavy (non-hydrogen) atoms. The van der Waals surface area contributed by atoms with E-state index in [0.717, 1.165) is 4.31 Å². The summed E-state index contributed by atoms with van der Waals surface area (Å²) in [6, 6.07) is 1.36. The van der Waals surface area contributed by atoms with Gasteiger partial charge in [0, 0.05) is 31.5 Å². The second kappa shape index (κ2) is 7.73. The van der Waals surface area contributed by atoms with Crippen LogP contribution < -0.4 is 5.32 Å². The molecule has 114 valence electrons. The first-order valence-corrected chi connectivity index (χ1v) is 7.65. The van der Waals surface area contributed by atoms with Crippen molar-refractivity contribution >= 4 is 15.9 Å². The topological polar surface area (TPSA) is 99.6 Å². The minimum Gasteiger partial charge on any atom is -0.384 e. The third kappa shape index (κ3) is 4.53. The van der Waals surface area contributed by atoms with E-state index in [-0.39, 0.29) is 24.6 Å². The maximum Gasteiger partial charge on any atom is 0.245 e. The van der Waals surface area contributed by atoms with Crippen molar-refractivity contribution in [1.29, 1.82) is 0 Å². The number of aromatic nitrogens is 1. The van der Waals surface area contributed by atoms with Crippen LogP contribution >= 0.6 is 0 Å². The quantitative estimate of drug-likeness (QED) is 0.692. The molecule has 8 heteroatoms. The van der Waals surface area contributed by atoms with Gasteiger partial charge in [-0.25, -0.2) is 8.42 Å². The lowest BCUT2D eigenvalue weighted by molar-refractivity contribution is -0.120. The Morgan fingerprint density at radius 3 is 2.76 bits per heavy atom. The third-order valence-corrected chi connectivity index (χ3v) is 4.50. The van der Waals surface area contributed by atoms with E-state index in [1.165, 1.54) is 25.5 Å². The van der Waals surface area contributed by atoms with Crippen LogP contribution in [0.3, 0.4) is 0 Å². The van der Waals surface area contributed by atoms with Gasteiger partial charge in [0.1, 0.15) is 11.5 Å². The summed E-state index contributed by atoms with van der Waals surface area (Å²) in [5, 5.41) is 11.0. The summed E-state index contributed by atoms with van der Waals surface area (Å²) in [4.78, 5) is 15.2. The number of aliphatic hydroxyl groups excluding tert-OH is 1. The summed E-state index contributed by atoms with van der Waals surface area (Å²) in [5.74, 6) is 4.61. The first kappa shape index (κ1) is 17.1. The molecule has 0 aromatic carbocycles. The van der Waals surface area contributed by atoms with Crippen molar-refractivity contribution in [3.8, 4) is 11.8 Å². The molecule has 7 nitrogen and oxygen atoms in total. The number of hydrogen-bond donors (Lipinski definition) is 2. The largest absolute Gasteiger partial charge is 0.384 e. The first-order chi connectivity index (χ1) is 9.95. The zero-order valence-corrected chi connectivity index (χ0v) is 12.6. The van der Waals surface area contributed by atoms with Gasteiger partial charge in [-0.1, -0.05) is 18.8 Å². The summed E-state index contributed by atoms with van der Waals surface area (Å²) in [5.41, 5.74) is 0.376. The number of carbonyl (C=O) groups is 1. The van der Waals surface area contributed by atoms with Crippen molar-refractivity contribution in [2.75, 3.05) is 26.7 Å². The van der Waals surface area contributed by atoms with Crippen LogP contribution in [0.4, 0.5) is 0 Å². The molecule has 0 fully saturated rings. The molecule has 1 aromatic heterocycles. The average molecular weight is 311 g/mol. The molecular weight excluding hydrogens is 294 g/mol. The number of amides is 1. The molecule has 0 unspecified atom stereocenters. The van der Waals surface area contributed by atoms with Crippen molar-refractivity contribution in [1.82, 2.24) is 14.6 Å². The molecule has 0 spiro atoms. The molecular formula is C13H17N3O4S.